The highest BCUT2D eigenvalue weighted by Gasteiger charge is 2.34. The minimum absolute atomic E-state index is 0.00327. The van der Waals surface area contributed by atoms with Crippen molar-refractivity contribution in [2.75, 3.05) is 11.9 Å². The molecule has 1 fully saturated rings. The number of carbonyl (C=O) groups excluding carboxylic acids is 2. The number of aryl methyl sites for hydroxylation is 1. The lowest BCUT2D eigenvalue weighted by Gasteiger charge is -2.17. The van der Waals surface area contributed by atoms with Gasteiger partial charge in [-0.1, -0.05) is 45.8 Å². The topological polar surface area (TPSA) is 80.1 Å². The number of amides is 2. The molecule has 1 atom stereocenters. The average molecular weight is 454 g/mol. The molecule has 2 heterocycles. The molecule has 1 aromatic heterocycles. The Morgan fingerprint density at radius 1 is 1.24 bits per heavy atom. The second kappa shape index (κ2) is 8.16. The molecule has 2 aromatic carbocycles. The van der Waals surface area contributed by atoms with E-state index in [1.54, 1.807) is 15.9 Å². The summed E-state index contributed by atoms with van der Waals surface area (Å²) in [5.74, 6) is -0.573. The maximum Gasteiger partial charge on any atom is 0.229 e. The van der Waals surface area contributed by atoms with E-state index >= 15 is 0 Å². The Kier molecular flexibility index (Phi) is 5.44. The molecule has 1 unspecified atom stereocenters. The molecule has 0 radical (unpaired) electrons. The van der Waals surface area contributed by atoms with Crippen LogP contribution in [0.2, 0.25) is 0 Å². The third-order valence-corrected chi connectivity index (χ3v) is 5.45. The summed E-state index contributed by atoms with van der Waals surface area (Å²) in [6.07, 6.45) is 3.22. The summed E-state index contributed by atoms with van der Waals surface area (Å²) in [6, 6.07) is 13.6. The normalized spacial score (nSPS) is 16.3. The van der Waals surface area contributed by atoms with Crippen molar-refractivity contribution in [2.24, 2.45) is 5.92 Å². The van der Waals surface area contributed by atoms with E-state index in [4.69, 9.17) is 0 Å². The van der Waals surface area contributed by atoms with Gasteiger partial charge in [-0.25, -0.2) is 9.67 Å². The van der Waals surface area contributed by atoms with Gasteiger partial charge in [-0.2, -0.15) is 5.10 Å². The summed E-state index contributed by atoms with van der Waals surface area (Å²) in [6.45, 7) is 2.95. The van der Waals surface area contributed by atoms with Gasteiger partial charge in [0.15, 0.2) is 0 Å². The first-order valence-corrected chi connectivity index (χ1v) is 10.1. The second-order valence-corrected chi connectivity index (χ2v) is 8.07. The van der Waals surface area contributed by atoms with E-state index in [1.807, 2.05) is 49.4 Å². The van der Waals surface area contributed by atoms with Crippen LogP contribution in [-0.4, -0.2) is 38.0 Å². The fourth-order valence-corrected chi connectivity index (χ4v) is 3.75. The quantitative estimate of drug-likeness (QED) is 0.642. The molecule has 7 nitrogen and oxygen atoms in total. The molecule has 148 valence electrons. The first-order valence-electron chi connectivity index (χ1n) is 9.28. The Hall–Kier alpha value is -3.00. The fourth-order valence-electron chi connectivity index (χ4n) is 3.39. The second-order valence-electron chi connectivity index (χ2n) is 7.15. The number of halogens is 1. The van der Waals surface area contributed by atoms with Gasteiger partial charge in [0.25, 0.3) is 0 Å². The maximum atomic E-state index is 12.9. The van der Waals surface area contributed by atoms with Gasteiger partial charge in [-0.05, 0) is 30.7 Å². The third-order valence-electron chi connectivity index (χ3n) is 4.96. The number of likely N-dealkylation sites (tertiary alicyclic amines) is 1. The zero-order valence-electron chi connectivity index (χ0n) is 15.9. The molecule has 0 saturated carbocycles. The van der Waals surface area contributed by atoms with Crippen LogP contribution in [0.3, 0.4) is 0 Å². The van der Waals surface area contributed by atoms with Gasteiger partial charge < -0.3 is 10.2 Å². The number of anilines is 1. The molecule has 1 aliphatic rings. The van der Waals surface area contributed by atoms with Crippen LogP contribution in [0.15, 0.2) is 59.6 Å². The van der Waals surface area contributed by atoms with Crippen LogP contribution < -0.4 is 5.32 Å². The van der Waals surface area contributed by atoms with Crippen molar-refractivity contribution in [2.45, 2.75) is 19.9 Å². The number of rotatable bonds is 5. The fraction of sp³-hybridized carbons (Fsp3) is 0.238. The van der Waals surface area contributed by atoms with Crippen molar-refractivity contribution in [1.82, 2.24) is 19.7 Å². The van der Waals surface area contributed by atoms with Crippen molar-refractivity contribution in [3.8, 4) is 5.69 Å². The highest BCUT2D eigenvalue weighted by atomic mass is 79.9. The molecule has 4 rings (SSSR count). The van der Waals surface area contributed by atoms with E-state index in [0.29, 0.717) is 24.5 Å². The van der Waals surface area contributed by atoms with Crippen LogP contribution in [0, 0.1) is 12.8 Å². The number of benzene rings is 2. The van der Waals surface area contributed by atoms with Crippen LogP contribution >= 0.6 is 15.9 Å². The summed E-state index contributed by atoms with van der Waals surface area (Å²) in [5.41, 5.74) is 3.56. The number of hydrogen-bond donors (Lipinski definition) is 1. The van der Waals surface area contributed by atoms with E-state index < -0.39 is 5.92 Å². The number of nitrogens with zero attached hydrogens (tertiary/aromatic N) is 4. The number of aromatic nitrogens is 3. The van der Waals surface area contributed by atoms with Crippen molar-refractivity contribution >= 4 is 33.4 Å². The smallest absolute Gasteiger partial charge is 0.229 e. The molecule has 1 aliphatic heterocycles. The van der Waals surface area contributed by atoms with E-state index in [2.05, 4.69) is 31.3 Å². The van der Waals surface area contributed by atoms with Crippen LogP contribution in [0.5, 0.6) is 0 Å². The Bertz CT molecular complexity index is 1030. The Morgan fingerprint density at radius 2 is 2.03 bits per heavy atom. The van der Waals surface area contributed by atoms with Gasteiger partial charge in [0.1, 0.15) is 12.7 Å². The van der Waals surface area contributed by atoms with Gasteiger partial charge in [0.05, 0.1) is 17.3 Å². The molecule has 2 amide bonds. The molecular weight excluding hydrogens is 434 g/mol. The molecule has 29 heavy (non-hydrogen) atoms. The van der Waals surface area contributed by atoms with Gasteiger partial charge in [-0.15, -0.1) is 0 Å². The summed E-state index contributed by atoms with van der Waals surface area (Å²) in [7, 11) is 0. The zero-order chi connectivity index (χ0) is 20.4. The first kappa shape index (κ1) is 19.3. The maximum absolute atomic E-state index is 12.9. The van der Waals surface area contributed by atoms with Crippen LogP contribution in [0.25, 0.3) is 5.69 Å². The molecule has 1 saturated heterocycles. The lowest BCUT2D eigenvalue weighted by molar-refractivity contribution is -0.128. The van der Waals surface area contributed by atoms with E-state index in [1.165, 1.54) is 11.9 Å². The molecule has 0 spiro atoms. The predicted molar refractivity (Wildman–Crippen MR) is 112 cm³/mol. The van der Waals surface area contributed by atoms with E-state index in [0.717, 1.165) is 10.0 Å². The highest BCUT2D eigenvalue weighted by molar-refractivity contribution is 9.10. The summed E-state index contributed by atoms with van der Waals surface area (Å²) >= 11 is 3.44. The molecule has 1 N–H and O–H groups in total. The van der Waals surface area contributed by atoms with Crippen molar-refractivity contribution in [3.63, 3.8) is 0 Å². The van der Waals surface area contributed by atoms with Gasteiger partial charge in [-0.3, -0.25) is 9.59 Å². The van der Waals surface area contributed by atoms with Gasteiger partial charge >= 0.3 is 0 Å². The van der Waals surface area contributed by atoms with E-state index in [-0.39, 0.29) is 18.2 Å². The molecule has 0 aliphatic carbocycles. The molecule has 3 aromatic rings. The van der Waals surface area contributed by atoms with Crippen molar-refractivity contribution in [1.29, 1.82) is 0 Å². The zero-order valence-corrected chi connectivity index (χ0v) is 17.5. The highest BCUT2D eigenvalue weighted by Crippen LogP contribution is 2.27. The van der Waals surface area contributed by atoms with E-state index in [9.17, 15) is 9.59 Å². The lowest BCUT2D eigenvalue weighted by atomic mass is 10.1. The largest absolute Gasteiger partial charge is 0.338 e. The minimum Gasteiger partial charge on any atom is -0.338 e. The number of nitrogens with one attached hydrogen (secondary N) is 1. The number of carbonyl (C=O) groups is 2. The van der Waals surface area contributed by atoms with Crippen molar-refractivity contribution in [3.05, 3.63) is 70.7 Å². The monoisotopic (exact) mass is 453 g/mol. The molecule has 0 bridgehead atoms. The SMILES string of the molecule is Cc1ccc(CN2CC(C(=O)Nc3cc(Br)ccc3-n3cncn3)CC2=O)cc1. The van der Waals surface area contributed by atoms with Gasteiger partial charge in [0.2, 0.25) is 11.8 Å². The van der Waals surface area contributed by atoms with Crippen LogP contribution in [-0.2, 0) is 16.1 Å². The molecule has 8 heteroatoms. The predicted octanol–water partition coefficient (Wildman–Crippen LogP) is 3.33. The lowest BCUT2D eigenvalue weighted by Crippen LogP contribution is -2.28. The Labute approximate surface area is 176 Å². The van der Waals surface area contributed by atoms with Crippen molar-refractivity contribution < 1.29 is 9.59 Å². The standard InChI is InChI=1S/C21H20BrN5O2/c1-14-2-4-15(5-3-14)10-26-11-16(8-20(26)28)21(29)25-18-9-17(22)6-7-19(18)27-13-23-12-24-27/h2-7,9,12-13,16H,8,10-11H2,1H3,(H,25,29). The van der Waals surface area contributed by atoms with Gasteiger partial charge in [0, 0.05) is 24.0 Å². The van der Waals surface area contributed by atoms with Crippen LogP contribution in [0.4, 0.5) is 5.69 Å². The summed E-state index contributed by atoms with van der Waals surface area (Å²) < 4.78 is 2.42. The summed E-state index contributed by atoms with van der Waals surface area (Å²) in [5, 5.41) is 7.09. The summed E-state index contributed by atoms with van der Waals surface area (Å²) in [4.78, 5) is 31.0. The molecular formula is C21H20BrN5O2. The minimum atomic E-state index is -0.393. The average Bonchev–Trinajstić information content (AvgIpc) is 3.34. The number of hydrogen-bond acceptors (Lipinski definition) is 4. The third kappa shape index (κ3) is 4.37. The Morgan fingerprint density at radius 3 is 2.76 bits per heavy atom. The van der Waals surface area contributed by atoms with Crippen LogP contribution in [0.1, 0.15) is 17.5 Å². The Balaban J connectivity index is 1.46. The first-order chi connectivity index (χ1) is 14.0.